The lowest BCUT2D eigenvalue weighted by atomic mass is 9.66. The van der Waals surface area contributed by atoms with Gasteiger partial charge in [0.1, 0.15) is 11.2 Å². The first kappa shape index (κ1) is 47.7. The Bertz CT molecular complexity index is 4530. The minimum atomic E-state index is -0.700. The van der Waals surface area contributed by atoms with E-state index in [0.29, 0.717) is 0 Å². The number of nitrogens with zero attached hydrogens (tertiary/aromatic N) is 1. The molecule has 0 saturated carbocycles. The quantitative estimate of drug-likeness (QED) is 0.141. The molecule has 0 aliphatic heterocycles. The van der Waals surface area contributed by atoms with Gasteiger partial charge in [0, 0.05) is 33.8 Å². The lowest BCUT2D eigenvalue weighted by Gasteiger charge is -2.34. The predicted molar refractivity (Wildman–Crippen MR) is 335 cm³/mol. The lowest BCUT2D eigenvalue weighted by molar-refractivity contribution is 0.590. The summed E-state index contributed by atoms with van der Waals surface area (Å²) in [4.78, 5) is 2.45. The highest BCUT2D eigenvalue weighted by Gasteiger charge is 2.54. The smallest absolute Gasteiger partial charge is 0.136 e. The van der Waals surface area contributed by atoms with Gasteiger partial charge < -0.3 is 9.32 Å². The number of hydrogen-bond acceptors (Lipinski definition) is 2. The van der Waals surface area contributed by atoms with E-state index >= 15 is 0 Å². The molecule has 2 heteroatoms. The molecule has 1 spiro atoms. The molecular weight excluding hydrogens is 967 g/mol. The van der Waals surface area contributed by atoms with Crippen molar-refractivity contribution in [2.24, 2.45) is 0 Å². The summed E-state index contributed by atoms with van der Waals surface area (Å²) in [5.41, 5.74) is 27.1. The first-order valence-corrected chi connectivity index (χ1v) is 28.2. The van der Waals surface area contributed by atoms with Gasteiger partial charge in [-0.05, 0) is 197 Å². The Kier molecular flexibility index (Phi) is 10.9. The topological polar surface area (TPSA) is 16.4 Å². The van der Waals surface area contributed by atoms with E-state index in [-0.39, 0.29) is 11.3 Å². The molecule has 80 heavy (non-hydrogen) atoms. The first-order valence-electron chi connectivity index (χ1n) is 28.2. The van der Waals surface area contributed by atoms with E-state index in [2.05, 4.69) is 300 Å². The van der Waals surface area contributed by atoms with Crippen molar-refractivity contribution in [3.8, 4) is 44.5 Å². The maximum Gasteiger partial charge on any atom is 0.136 e. The molecule has 0 bridgehead atoms. The van der Waals surface area contributed by atoms with Crippen LogP contribution in [0, 0.1) is 13.8 Å². The van der Waals surface area contributed by atoms with Crippen molar-refractivity contribution >= 4 is 49.8 Å². The van der Waals surface area contributed by atoms with Crippen LogP contribution in [-0.2, 0) is 10.8 Å². The molecule has 0 radical (unpaired) electrons. The van der Waals surface area contributed by atoms with Crippen LogP contribution in [0.5, 0.6) is 0 Å². The Balaban J connectivity index is 1.04. The molecule has 0 N–H and O–H groups in total. The normalized spacial score (nSPS) is 13.4. The summed E-state index contributed by atoms with van der Waals surface area (Å²) in [5, 5.41) is 4.66. The fourth-order valence-electron chi connectivity index (χ4n) is 13.9. The maximum absolute atomic E-state index is 7.14. The monoisotopic (exact) mass is 1030 g/mol. The SMILES string of the molecule is Cc1ccc(C(c2ccccc2)c2cc3oc4ccccc4c3c3c2C2(c4ccccc4-c4ccccc42)c2cc4cc(N(c5ccc(C(C)(C)C)cc5)c5ccc(C)c(-c6ccccc6)c5)ccc4cc2-3)cc1-c1ccccc1. The number of aryl methyl sites for hydroxylation is 2. The average molecular weight is 1030 g/mol. The highest BCUT2D eigenvalue weighted by Crippen LogP contribution is 2.67. The minimum Gasteiger partial charge on any atom is -0.456 e. The summed E-state index contributed by atoms with van der Waals surface area (Å²) in [7, 11) is 0. The number of benzene rings is 12. The van der Waals surface area contributed by atoms with Crippen molar-refractivity contribution < 1.29 is 4.42 Å². The maximum atomic E-state index is 7.14. The molecule has 0 amide bonds. The zero-order valence-corrected chi connectivity index (χ0v) is 45.8. The van der Waals surface area contributed by atoms with E-state index in [0.717, 1.165) is 39.0 Å². The van der Waals surface area contributed by atoms with Gasteiger partial charge in [0.05, 0.1) is 5.41 Å². The molecule has 15 rings (SSSR count). The van der Waals surface area contributed by atoms with Crippen LogP contribution in [-0.4, -0.2) is 0 Å². The van der Waals surface area contributed by atoms with Gasteiger partial charge in [-0.3, -0.25) is 0 Å². The van der Waals surface area contributed by atoms with Gasteiger partial charge in [0.15, 0.2) is 0 Å². The standard InChI is InChI=1S/C78H59NO/c1-49-33-35-55(45-64(49)51-21-9-6-10-22-51)73(53-25-13-8-14-26-53)67-48-72-74(63-29-17-20-32-71(63)80-72)75-66-44-54-36-40-59(43-56(54)46-70(66)78(76(67)75)68-30-18-15-27-61(68)62-28-16-19-31-69(62)78)79(58-41-37-57(38-42-58)77(3,4)5)60-39-34-50(2)65(47-60)52-23-11-7-12-24-52/h6-48,73H,1-5H3. The Hall–Kier alpha value is -9.50. The minimum absolute atomic E-state index is 0.0164. The molecule has 1 unspecified atom stereocenters. The van der Waals surface area contributed by atoms with Gasteiger partial charge in [-0.2, -0.15) is 0 Å². The Morgan fingerprint density at radius 1 is 0.400 bits per heavy atom. The van der Waals surface area contributed by atoms with Crippen LogP contribution in [0.2, 0.25) is 0 Å². The van der Waals surface area contributed by atoms with Crippen molar-refractivity contribution in [2.75, 3.05) is 4.90 Å². The summed E-state index contributed by atoms with van der Waals surface area (Å²) in [6.07, 6.45) is 0. The lowest BCUT2D eigenvalue weighted by Crippen LogP contribution is -2.28. The number of rotatable bonds is 8. The summed E-state index contributed by atoms with van der Waals surface area (Å²) >= 11 is 0. The highest BCUT2D eigenvalue weighted by molar-refractivity contribution is 6.18. The van der Waals surface area contributed by atoms with Gasteiger partial charge in [-0.25, -0.2) is 0 Å². The predicted octanol–water partition coefficient (Wildman–Crippen LogP) is 21.0. The molecule has 382 valence electrons. The van der Waals surface area contributed by atoms with Crippen LogP contribution < -0.4 is 4.90 Å². The van der Waals surface area contributed by atoms with Crippen LogP contribution in [0.15, 0.2) is 265 Å². The molecule has 0 saturated heterocycles. The Labute approximate surface area is 468 Å². The molecule has 1 aromatic heterocycles. The molecule has 0 fully saturated rings. The number of hydrogen-bond donors (Lipinski definition) is 0. The van der Waals surface area contributed by atoms with Crippen molar-refractivity contribution in [1.82, 2.24) is 0 Å². The summed E-state index contributed by atoms with van der Waals surface area (Å²) in [6.45, 7) is 11.3. The van der Waals surface area contributed by atoms with E-state index in [1.54, 1.807) is 0 Å². The molecule has 2 nitrogen and oxygen atoms in total. The van der Waals surface area contributed by atoms with Crippen LogP contribution in [0.25, 0.3) is 77.2 Å². The summed E-state index contributed by atoms with van der Waals surface area (Å²) in [6, 6.07) is 97.9. The van der Waals surface area contributed by atoms with E-state index in [4.69, 9.17) is 4.42 Å². The fourth-order valence-corrected chi connectivity index (χ4v) is 13.9. The molecule has 13 aromatic rings. The molecule has 2 aliphatic carbocycles. The Morgan fingerprint density at radius 2 is 0.963 bits per heavy atom. The second-order valence-corrected chi connectivity index (χ2v) is 23.2. The van der Waals surface area contributed by atoms with Gasteiger partial charge >= 0.3 is 0 Å². The number of anilines is 3. The van der Waals surface area contributed by atoms with E-state index < -0.39 is 5.41 Å². The number of para-hydroxylation sites is 1. The zero-order chi connectivity index (χ0) is 53.9. The van der Waals surface area contributed by atoms with Crippen LogP contribution >= 0.6 is 0 Å². The third kappa shape index (κ3) is 7.32. The first-order chi connectivity index (χ1) is 39.1. The van der Waals surface area contributed by atoms with E-state index in [9.17, 15) is 0 Å². The molecular formula is C78H59NO. The van der Waals surface area contributed by atoms with Gasteiger partial charge in [-0.15, -0.1) is 0 Å². The van der Waals surface area contributed by atoms with Gasteiger partial charge in [0.25, 0.3) is 0 Å². The number of fused-ring (bicyclic) bond motifs is 15. The van der Waals surface area contributed by atoms with Crippen LogP contribution in [0.4, 0.5) is 17.1 Å². The third-order valence-electron chi connectivity index (χ3n) is 17.6. The van der Waals surface area contributed by atoms with Gasteiger partial charge in [0.2, 0.25) is 0 Å². The second-order valence-electron chi connectivity index (χ2n) is 23.2. The van der Waals surface area contributed by atoms with Crippen molar-refractivity contribution in [3.05, 3.63) is 316 Å². The highest BCUT2D eigenvalue weighted by atomic mass is 16.3. The van der Waals surface area contributed by atoms with Crippen LogP contribution in [0.1, 0.15) is 82.3 Å². The van der Waals surface area contributed by atoms with Crippen molar-refractivity contribution in [3.63, 3.8) is 0 Å². The molecule has 1 atom stereocenters. The summed E-state index contributed by atoms with van der Waals surface area (Å²) in [5.74, 6) is -0.161. The van der Waals surface area contributed by atoms with Crippen LogP contribution in [0.3, 0.4) is 0 Å². The Morgan fingerprint density at radius 3 is 1.64 bits per heavy atom. The molecule has 2 aliphatic rings. The van der Waals surface area contributed by atoms with E-state index in [1.165, 1.54) is 111 Å². The fraction of sp³-hybridized carbons (Fsp3) is 0.103. The van der Waals surface area contributed by atoms with Crippen molar-refractivity contribution in [2.45, 2.75) is 51.4 Å². The average Bonchev–Trinajstić information content (AvgIpc) is 4.03. The summed E-state index contributed by atoms with van der Waals surface area (Å²) < 4.78 is 7.14. The largest absolute Gasteiger partial charge is 0.456 e. The molecule has 1 heterocycles. The van der Waals surface area contributed by atoms with Crippen molar-refractivity contribution in [1.29, 1.82) is 0 Å². The number of furan rings is 1. The second kappa shape index (κ2) is 18.3. The third-order valence-corrected chi connectivity index (χ3v) is 17.6. The molecule has 12 aromatic carbocycles. The van der Waals surface area contributed by atoms with Gasteiger partial charge in [-0.1, -0.05) is 215 Å². The zero-order valence-electron chi connectivity index (χ0n) is 45.8. The van der Waals surface area contributed by atoms with E-state index in [1.807, 2.05) is 0 Å².